The van der Waals surface area contributed by atoms with Crippen molar-refractivity contribution >= 4 is 39.6 Å². The van der Waals surface area contributed by atoms with Gasteiger partial charge in [0.25, 0.3) is 0 Å². The minimum atomic E-state index is -0.294. The van der Waals surface area contributed by atoms with Crippen LogP contribution in [0.3, 0.4) is 0 Å². The van der Waals surface area contributed by atoms with E-state index >= 15 is 0 Å². The second-order valence-electron chi connectivity index (χ2n) is 6.73. The second-order valence-corrected chi connectivity index (χ2v) is 8.25. The van der Waals surface area contributed by atoms with E-state index in [9.17, 15) is 4.79 Å². The zero-order valence-electron chi connectivity index (χ0n) is 15.6. The monoisotopic (exact) mass is 388 g/mol. The summed E-state index contributed by atoms with van der Waals surface area (Å²) in [5, 5.41) is 7.87. The number of hydrogen-bond acceptors (Lipinski definition) is 4. The number of thiocarbonyl (C=S) groups is 1. The topological polar surface area (TPSA) is 50.4 Å². The molecule has 0 spiro atoms. The highest BCUT2D eigenvalue weighted by Gasteiger charge is 2.27. The van der Waals surface area contributed by atoms with Crippen LogP contribution in [0, 0.1) is 13.8 Å². The van der Waals surface area contributed by atoms with Crippen LogP contribution in [0.4, 0.5) is 5.00 Å². The Kier molecular flexibility index (Phi) is 5.63. The van der Waals surface area contributed by atoms with E-state index in [4.69, 9.17) is 17.0 Å². The lowest BCUT2D eigenvalue weighted by Crippen LogP contribution is -2.31. The number of hydrogen-bond donors (Lipinski definition) is 2. The van der Waals surface area contributed by atoms with Gasteiger partial charge in [0.05, 0.1) is 18.7 Å². The third-order valence-corrected chi connectivity index (χ3v) is 6.21. The summed E-state index contributed by atoms with van der Waals surface area (Å²) in [5.74, 6) is -0.294. The molecular formula is C20H24N2O2S2. The number of carbonyl (C=O) groups is 1. The van der Waals surface area contributed by atoms with E-state index in [1.54, 1.807) is 11.3 Å². The van der Waals surface area contributed by atoms with Crippen LogP contribution in [0.1, 0.15) is 56.9 Å². The number of nitrogens with one attached hydrogen (secondary N) is 2. The summed E-state index contributed by atoms with van der Waals surface area (Å²) in [7, 11) is 1.42. The van der Waals surface area contributed by atoms with Gasteiger partial charge in [-0.3, -0.25) is 0 Å². The van der Waals surface area contributed by atoms with Crippen LogP contribution in [0.15, 0.2) is 18.2 Å². The summed E-state index contributed by atoms with van der Waals surface area (Å²) in [5.41, 5.74) is 5.43. The average Bonchev–Trinajstić information content (AvgIpc) is 3.16. The van der Waals surface area contributed by atoms with E-state index in [-0.39, 0.29) is 12.0 Å². The van der Waals surface area contributed by atoms with E-state index in [0.717, 1.165) is 29.8 Å². The molecule has 0 saturated carbocycles. The molecule has 1 heterocycles. The van der Waals surface area contributed by atoms with Gasteiger partial charge in [0.2, 0.25) is 0 Å². The van der Waals surface area contributed by atoms with Gasteiger partial charge < -0.3 is 15.4 Å². The van der Waals surface area contributed by atoms with Gasteiger partial charge in [-0.2, -0.15) is 0 Å². The average molecular weight is 389 g/mol. The van der Waals surface area contributed by atoms with Gasteiger partial charge in [-0.15, -0.1) is 11.3 Å². The molecule has 0 amide bonds. The Balaban J connectivity index is 1.76. The third-order valence-electron chi connectivity index (χ3n) is 4.79. The highest BCUT2D eigenvalue weighted by Crippen LogP contribution is 2.39. The summed E-state index contributed by atoms with van der Waals surface area (Å²) in [6.45, 7) is 6.27. The Hall–Kier alpha value is -1.92. The van der Waals surface area contributed by atoms with Crippen LogP contribution in [-0.4, -0.2) is 18.2 Å². The number of esters is 1. The van der Waals surface area contributed by atoms with Gasteiger partial charge in [0.15, 0.2) is 5.11 Å². The third kappa shape index (κ3) is 3.76. The Morgan fingerprint density at radius 2 is 2.08 bits per heavy atom. The van der Waals surface area contributed by atoms with Crippen LogP contribution in [-0.2, 0) is 17.6 Å². The smallest absolute Gasteiger partial charge is 0.341 e. The minimum Gasteiger partial charge on any atom is -0.465 e. The molecular weight excluding hydrogens is 364 g/mol. The molecule has 1 aromatic heterocycles. The van der Waals surface area contributed by atoms with Crippen molar-refractivity contribution in [1.82, 2.24) is 5.32 Å². The van der Waals surface area contributed by atoms with Gasteiger partial charge in [0, 0.05) is 4.88 Å². The molecule has 2 aromatic rings. The summed E-state index contributed by atoms with van der Waals surface area (Å²) in [6, 6.07) is 6.48. The van der Waals surface area contributed by atoms with Crippen LogP contribution in [0.25, 0.3) is 0 Å². The number of thiophene rings is 1. The minimum absolute atomic E-state index is 0.0725. The Labute approximate surface area is 164 Å². The number of aryl methyl sites for hydroxylation is 3. The Bertz CT molecular complexity index is 858. The fourth-order valence-electron chi connectivity index (χ4n) is 3.45. The van der Waals surface area contributed by atoms with Gasteiger partial charge in [0.1, 0.15) is 5.00 Å². The number of fused-ring (bicyclic) bond motifs is 1. The fraction of sp³-hybridized carbons (Fsp3) is 0.400. The number of benzene rings is 1. The first-order chi connectivity index (χ1) is 12.4. The van der Waals surface area contributed by atoms with Crippen LogP contribution in [0.2, 0.25) is 0 Å². The molecule has 1 unspecified atom stereocenters. The Morgan fingerprint density at radius 3 is 2.81 bits per heavy atom. The number of ether oxygens (including phenoxy) is 1. The molecule has 4 nitrogen and oxygen atoms in total. The second kappa shape index (κ2) is 7.76. The molecule has 1 atom stereocenters. The van der Waals surface area contributed by atoms with Crippen molar-refractivity contribution in [2.45, 2.75) is 46.1 Å². The molecule has 0 saturated heterocycles. The normalized spacial score (nSPS) is 13.8. The molecule has 6 heteroatoms. The number of carbonyl (C=O) groups excluding carboxylic acids is 1. The van der Waals surface area contributed by atoms with E-state index in [0.29, 0.717) is 10.7 Å². The summed E-state index contributed by atoms with van der Waals surface area (Å²) >= 11 is 7.12. The van der Waals surface area contributed by atoms with Gasteiger partial charge in [-0.05, 0) is 68.9 Å². The quantitative estimate of drug-likeness (QED) is 0.588. The lowest BCUT2D eigenvalue weighted by Gasteiger charge is -2.19. The van der Waals surface area contributed by atoms with Gasteiger partial charge in [-0.1, -0.05) is 23.8 Å². The number of anilines is 1. The van der Waals surface area contributed by atoms with Crippen molar-refractivity contribution in [1.29, 1.82) is 0 Å². The maximum Gasteiger partial charge on any atom is 0.341 e. The van der Waals surface area contributed by atoms with Crippen LogP contribution < -0.4 is 10.6 Å². The van der Waals surface area contributed by atoms with E-state index in [1.807, 2.05) is 0 Å². The number of rotatable bonds is 4. The molecule has 1 aromatic carbocycles. The summed E-state index contributed by atoms with van der Waals surface area (Å²) < 4.78 is 4.99. The lowest BCUT2D eigenvalue weighted by molar-refractivity contribution is 0.0601. The predicted molar refractivity (Wildman–Crippen MR) is 111 cm³/mol. The highest BCUT2D eigenvalue weighted by atomic mass is 32.1. The van der Waals surface area contributed by atoms with E-state index < -0.39 is 0 Å². The predicted octanol–water partition coefficient (Wildman–Crippen LogP) is 4.69. The van der Waals surface area contributed by atoms with E-state index in [1.165, 1.54) is 28.7 Å². The molecule has 0 radical (unpaired) electrons. The maximum atomic E-state index is 12.2. The van der Waals surface area contributed by atoms with E-state index in [2.05, 4.69) is 49.6 Å². The van der Waals surface area contributed by atoms with Crippen molar-refractivity contribution in [2.24, 2.45) is 0 Å². The zero-order chi connectivity index (χ0) is 18.8. The van der Waals surface area contributed by atoms with Crippen LogP contribution >= 0.6 is 23.6 Å². The largest absolute Gasteiger partial charge is 0.465 e. The first-order valence-electron chi connectivity index (χ1n) is 8.78. The molecule has 138 valence electrons. The summed E-state index contributed by atoms with van der Waals surface area (Å²) in [6.07, 6.45) is 3.04. The molecule has 2 N–H and O–H groups in total. The molecule has 1 aliphatic rings. The standard InChI is InChI=1S/C20H24N2O2S2/c1-11-8-9-12(2)15(10-11)13(3)21-20(25)22-18-17(19(23)24-4)14-6-5-7-16(14)26-18/h8-10,13H,5-7H2,1-4H3,(H2,21,22,25). The van der Waals surface area contributed by atoms with Crippen molar-refractivity contribution in [3.8, 4) is 0 Å². The first kappa shape index (κ1) is 18.9. The van der Waals surface area contributed by atoms with Gasteiger partial charge in [-0.25, -0.2) is 4.79 Å². The lowest BCUT2D eigenvalue weighted by atomic mass is 10.0. The number of methoxy groups -OCH3 is 1. The maximum absolute atomic E-state index is 12.2. The van der Waals surface area contributed by atoms with Crippen molar-refractivity contribution in [2.75, 3.05) is 12.4 Å². The highest BCUT2D eigenvalue weighted by molar-refractivity contribution is 7.80. The molecule has 3 rings (SSSR count). The van der Waals surface area contributed by atoms with Crippen molar-refractivity contribution in [3.63, 3.8) is 0 Å². The SMILES string of the molecule is COC(=O)c1c(NC(=S)NC(C)c2cc(C)ccc2C)sc2c1CCC2. The molecule has 0 aliphatic heterocycles. The first-order valence-corrected chi connectivity index (χ1v) is 10.0. The van der Waals surface area contributed by atoms with Crippen LogP contribution in [0.5, 0.6) is 0 Å². The van der Waals surface area contributed by atoms with Gasteiger partial charge >= 0.3 is 5.97 Å². The molecule has 26 heavy (non-hydrogen) atoms. The fourth-order valence-corrected chi connectivity index (χ4v) is 5.08. The zero-order valence-corrected chi connectivity index (χ0v) is 17.2. The molecule has 0 bridgehead atoms. The molecule has 0 fully saturated rings. The Morgan fingerprint density at radius 1 is 1.31 bits per heavy atom. The summed E-state index contributed by atoms with van der Waals surface area (Å²) in [4.78, 5) is 13.5. The van der Waals surface area contributed by atoms with Crippen molar-refractivity contribution < 1.29 is 9.53 Å². The van der Waals surface area contributed by atoms with Crippen molar-refractivity contribution in [3.05, 3.63) is 50.9 Å². The molecule has 1 aliphatic carbocycles.